The van der Waals surface area contributed by atoms with Gasteiger partial charge < -0.3 is 15.4 Å². The van der Waals surface area contributed by atoms with Crippen LogP contribution in [0.4, 0.5) is 4.79 Å². The van der Waals surface area contributed by atoms with Crippen LogP contribution in [0.5, 0.6) is 0 Å². The Bertz CT molecular complexity index is 754. The van der Waals surface area contributed by atoms with Crippen LogP contribution in [0.15, 0.2) is 36.7 Å². The van der Waals surface area contributed by atoms with E-state index in [1.54, 1.807) is 10.9 Å². The first-order valence-corrected chi connectivity index (χ1v) is 10.1. The molecule has 2 unspecified atom stereocenters. The van der Waals surface area contributed by atoms with Gasteiger partial charge >= 0.3 is 6.03 Å². The van der Waals surface area contributed by atoms with E-state index >= 15 is 0 Å². The summed E-state index contributed by atoms with van der Waals surface area (Å²) < 4.78 is 7.50. The zero-order valence-corrected chi connectivity index (χ0v) is 17.2. The van der Waals surface area contributed by atoms with Gasteiger partial charge in [-0.25, -0.2) is 9.48 Å². The minimum atomic E-state index is -0.164. The van der Waals surface area contributed by atoms with Crippen LogP contribution in [0.1, 0.15) is 25.8 Å². The van der Waals surface area contributed by atoms with E-state index in [0.717, 1.165) is 37.3 Å². The van der Waals surface area contributed by atoms with E-state index in [2.05, 4.69) is 34.5 Å². The molecule has 8 heteroatoms. The molecule has 152 valence electrons. The maximum Gasteiger partial charge on any atom is 0.315 e. The Balaban J connectivity index is 1.34. The predicted octanol–water partition coefficient (Wildman–Crippen LogP) is 2.82. The van der Waals surface area contributed by atoms with Gasteiger partial charge in [-0.1, -0.05) is 11.6 Å². The van der Waals surface area contributed by atoms with E-state index in [1.165, 1.54) is 0 Å². The average Bonchev–Trinajstić information content (AvgIpc) is 3.12. The van der Waals surface area contributed by atoms with Gasteiger partial charge in [0.2, 0.25) is 0 Å². The Morgan fingerprint density at radius 2 is 1.93 bits per heavy atom. The lowest BCUT2D eigenvalue weighted by molar-refractivity contribution is -0.0679. The fourth-order valence-electron chi connectivity index (χ4n) is 3.40. The highest BCUT2D eigenvalue weighted by molar-refractivity contribution is 6.30. The third-order valence-corrected chi connectivity index (χ3v) is 4.86. The number of morpholine rings is 1. The number of halogens is 1. The number of benzene rings is 1. The second-order valence-electron chi connectivity index (χ2n) is 7.25. The molecule has 0 aliphatic carbocycles. The van der Waals surface area contributed by atoms with Crippen LogP contribution in [0.2, 0.25) is 5.02 Å². The number of hydrogen-bond donors (Lipinski definition) is 2. The van der Waals surface area contributed by atoms with E-state index in [-0.39, 0.29) is 18.2 Å². The second-order valence-corrected chi connectivity index (χ2v) is 7.69. The van der Waals surface area contributed by atoms with Gasteiger partial charge in [0, 0.05) is 49.5 Å². The molecule has 1 aromatic heterocycles. The Hall–Kier alpha value is -2.09. The molecule has 1 aromatic carbocycles. The molecule has 1 fully saturated rings. The van der Waals surface area contributed by atoms with Crippen molar-refractivity contribution >= 4 is 17.6 Å². The van der Waals surface area contributed by atoms with Crippen molar-refractivity contribution in [2.75, 3.05) is 26.2 Å². The minimum absolute atomic E-state index is 0.164. The molecule has 2 aromatic rings. The second kappa shape index (κ2) is 9.91. The number of rotatable bonds is 7. The molecule has 0 saturated carbocycles. The Labute approximate surface area is 171 Å². The van der Waals surface area contributed by atoms with Crippen molar-refractivity contribution in [2.24, 2.45) is 0 Å². The highest BCUT2D eigenvalue weighted by Crippen LogP contribution is 2.13. The van der Waals surface area contributed by atoms with Gasteiger partial charge in [0.15, 0.2) is 0 Å². The summed E-state index contributed by atoms with van der Waals surface area (Å²) in [4.78, 5) is 14.4. The van der Waals surface area contributed by atoms with Crippen molar-refractivity contribution in [1.82, 2.24) is 25.3 Å². The van der Waals surface area contributed by atoms with Crippen LogP contribution >= 0.6 is 11.6 Å². The first-order valence-electron chi connectivity index (χ1n) is 9.68. The van der Waals surface area contributed by atoms with E-state index in [9.17, 15) is 4.79 Å². The number of carbonyl (C=O) groups is 1. The summed E-state index contributed by atoms with van der Waals surface area (Å²) >= 11 is 5.91. The lowest BCUT2D eigenvalue weighted by atomic mass is 10.2. The van der Waals surface area contributed by atoms with Gasteiger partial charge in [0.1, 0.15) is 0 Å². The molecule has 1 aliphatic heterocycles. The van der Waals surface area contributed by atoms with Gasteiger partial charge in [-0.15, -0.1) is 0 Å². The Kier molecular flexibility index (Phi) is 7.30. The minimum Gasteiger partial charge on any atom is -0.373 e. The Morgan fingerprint density at radius 1 is 1.21 bits per heavy atom. The van der Waals surface area contributed by atoms with Crippen LogP contribution in [0.3, 0.4) is 0 Å². The maximum atomic E-state index is 12.0. The van der Waals surface area contributed by atoms with Crippen LogP contribution in [0.25, 0.3) is 5.69 Å². The molecule has 0 radical (unpaired) electrons. The summed E-state index contributed by atoms with van der Waals surface area (Å²) in [7, 11) is 0. The predicted molar refractivity (Wildman–Crippen MR) is 110 cm³/mol. The normalized spacial score (nSPS) is 20.1. The number of carbonyl (C=O) groups excluding carboxylic acids is 1. The molecule has 2 heterocycles. The average molecular weight is 406 g/mol. The monoisotopic (exact) mass is 405 g/mol. The lowest BCUT2D eigenvalue weighted by Crippen LogP contribution is -2.46. The zero-order valence-electron chi connectivity index (χ0n) is 16.4. The maximum absolute atomic E-state index is 12.0. The molecular weight excluding hydrogens is 378 g/mol. The smallest absolute Gasteiger partial charge is 0.315 e. The highest BCUT2D eigenvalue weighted by Gasteiger charge is 2.21. The van der Waals surface area contributed by atoms with Crippen molar-refractivity contribution in [2.45, 2.75) is 39.0 Å². The van der Waals surface area contributed by atoms with Crippen molar-refractivity contribution in [1.29, 1.82) is 0 Å². The lowest BCUT2D eigenvalue weighted by Gasteiger charge is -2.35. The van der Waals surface area contributed by atoms with Crippen molar-refractivity contribution in [3.63, 3.8) is 0 Å². The molecule has 1 saturated heterocycles. The van der Waals surface area contributed by atoms with Gasteiger partial charge in [-0.2, -0.15) is 5.10 Å². The number of amides is 2. The van der Waals surface area contributed by atoms with Gasteiger partial charge in [0.25, 0.3) is 0 Å². The summed E-state index contributed by atoms with van der Waals surface area (Å²) in [5.74, 6) is 0. The SMILES string of the molecule is CC1CN(CCCNC(=O)NCc2cnn(-c3ccc(Cl)cc3)c2)CC(C)O1. The number of nitrogens with one attached hydrogen (secondary N) is 2. The summed E-state index contributed by atoms with van der Waals surface area (Å²) in [5, 5.41) is 10.8. The molecule has 0 spiro atoms. The molecular formula is C20H28ClN5O2. The number of nitrogens with zero attached hydrogens (tertiary/aromatic N) is 3. The summed E-state index contributed by atoms with van der Waals surface area (Å²) in [6, 6.07) is 7.28. The van der Waals surface area contributed by atoms with Crippen LogP contribution in [-0.4, -0.2) is 59.1 Å². The fraction of sp³-hybridized carbons (Fsp3) is 0.500. The summed E-state index contributed by atoms with van der Waals surface area (Å²) in [6.07, 6.45) is 5.10. The molecule has 3 rings (SSSR count). The largest absolute Gasteiger partial charge is 0.373 e. The third-order valence-electron chi connectivity index (χ3n) is 4.61. The van der Waals surface area contributed by atoms with Crippen LogP contribution in [-0.2, 0) is 11.3 Å². The van der Waals surface area contributed by atoms with E-state index in [0.29, 0.717) is 18.1 Å². The molecule has 2 atom stereocenters. The van der Waals surface area contributed by atoms with Crippen molar-refractivity contribution in [3.05, 3.63) is 47.2 Å². The topological polar surface area (TPSA) is 71.4 Å². The molecule has 0 bridgehead atoms. The first kappa shape index (κ1) is 20.6. The van der Waals surface area contributed by atoms with Gasteiger partial charge in [-0.3, -0.25) is 4.90 Å². The number of aromatic nitrogens is 2. The van der Waals surface area contributed by atoms with Crippen molar-refractivity contribution in [3.8, 4) is 5.69 Å². The number of urea groups is 1. The van der Waals surface area contributed by atoms with Crippen LogP contribution < -0.4 is 10.6 Å². The molecule has 1 aliphatic rings. The van der Waals surface area contributed by atoms with Gasteiger partial charge in [-0.05, 0) is 44.5 Å². The summed E-state index contributed by atoms with van der Waals surface area (Å²) in [5.41, 5.74) is 1.85. The molecule has 2 N–H and O–H groups in total. The fourth-order valence-corrected chi connectivity index (χ4v) is 3.53. The highest BCUT2D eigenvalue weighted by atomic mass is 35.5. The molecule has 28 heavy (non-hydrogen) atoms. The standard InChI is InChI=1S/C20H28ClN5O2/c1-15-12-25(13-16(2)28-15)9-3-8-22-20(27)23-10-17-11-24-26(14-17)19-6-4-18(21)5-7-19/h4-7,11,14-16H,3,8-10,12-13H2,1-2H3,(H2,22,23,27). The molecule has 2 amide bonds. The third kappa shape index (κ3) is 6.22. The Morgan fingerprint density at radius 3 is 2.64 bits per heavy atom. The zero-order chi connectivity index (χ0) is 19.9. The van der Waals surface area contributed by atoms with E-state index < -0.39 is 0 Å². The van der Waals surface area contributed by atoms with Crippen molar-refractivity contribution < 1.29 is 9.53 Å². The van der Waals surface area contributed by atoms with Crippen LogP contribution in [0, 0.1) is 0 Å². The first-order chi connectivity index (χ1) is 13.5. The number of ether oxygens (including phenoxy) is 1. The van der Waals surface area contributed by atoms with E-state index in [4.69, 9.17) is 16.3 Å². The van der Waals surface area contributed by atoms with E-state index in [1.807, 2.05) is 30.5 Å². The van der Waals surface area contributed by atoms with Gasteiger partial charge in [0.05, 0.1) is 24.1 Å². The summed E-state index contributed by atoms with van der Waals surface area (Å²) in [6.45, 7) is 8.15. The quantitative estimate of drug-likeness (QED) is 0.695. The molecule has 7 nitrogen and oxygen atoms in total. The number of hydrogen-bond acceptors (Lipinski definition) is 4.